The summed E-state index contributed by atoms with van der Waals surface area (Å²) in [5, 5.41) is 0. The molecule has 1 aliphatic rings. The standard InChI is InChI=1S/C15H19N5O2/c1-9(20-6-5-16-10(20)2)14(21)19-7-12-13(8-19)17-11(3)18(4)15(12)22/h5-6,9H,7-8H2,1-4H3. The highest BCUT2D eigenvalue weighted by Crippen LogP contribution is 2.22. The Morgan fingerprint density at radius 2 is 2.00 bits per heavy atom. The fourth-order valence-electron chi connectivity index (χ4n) is 2.86. The molecule has 1 unspecified atom stereocenters. The lowest BCUT2D eigenvalue weighted by atomic mass is 10.2. The lowest BCUT2D eigenvalue weighted by molar-refractivity contribution is -0.135. The van der Waals surface area contributed by atoms with Gasteiger partial charge >= 0.3 is 0 Å². The zero-order valence-electron chi connectivity index (χ0n) is 13.2. The molecule has 0 bridgehead atoms. The average molecular weight is 301 g/mol. The maximum absolute atomic E-state index is 12.7. The summed E-state index contributed by atoms with van der Waals surface area (Å²) >= 11 is 0. The van der Waals surface area contributed by atoms with Gasteiger partial charge in [-0.2, -0.15) is 0 Å². The lowest BCUT2D eigenvalue weighted by Gasteiger charge is -2.21. The highest BCUT2D eigenvalue weighted by molar-refractivity contribution is 5.80. The SMILES string of the molecule is Cc1nccn1C(C)C(=O)N1Cc2nc(C)n(C)c(=O)c2C1. The zero-order chi connectivity index (χ0) is 16.0. The van der Waals surface area contributed by atoms with Crippen LogP contribution in [-0.4, -0.2) is 29.9 Å². The van der Waals surface area contributed by atoms with E-state index in [-0.39, 0.29) is 17.5 Å². The zero-order valence-corrected chi connectivity index (χ0v) is 13.2. The highest BCUT2D eigenvalue weighted by atomic mass is 16.2. The first-order valence-electron chi connectivity index (χ1n) is 7.23. The molecule has 1 aliphatic heterocycles. The minimum Gasteiger partial charge on any atom is -0.330 e. The van der Waals surface area contributed by atoms with Gasteiger partial charge in [0, 0.05) is 19.4 Å². The first-order chi connectivity index (χ1) is 10.4. The molecule has 0 aliphatic carbocycles. The van der Waals surface area contributed by atoms with Gasteiger partial charge in [-0.05, 0) is 20.8 Å². The summed E-state index contributed by atoms with van der Waals surface area (Å²) < 4.78 is 3.36. The maximum atomic E-state index is 12.7. The van der Waals surface area contributed by atoms with Crippen LogP contribution in [-0.2, 0) is 24.9 Å². The number of hydrogen-bond donors (Lipinski definition) is 0. The fraction of sp³-hybridized carbons (Fsp3) is 0.467. The molecule has 0 aromatic carbocycles. The van der Waals surface area contributed by atoms with Crippen molar-refractivity contribution in [2.45, 2.75) is 39.9 Å². The van der Waals surface area contributed by atoms with E-state index in [1.807, 2.05) is 18.4 Å². The van der Waals surface area contributed by atoms with Crippen LogP contribution in [0.1, 0.15) is 35.9 Å². The van der Waals surface area contributed by atoms with Crippen molar-refractivity contribution in [2.75, 3.05) is 0 Å². The monoisotopic (exact) mass is 301 g/mol. The number of hydrogen-bond acceptors (Lipinski definition) is 4. The van der Waals surface area contributed by atoms with E-state index in [0.717, 1.165) is 5.82 Å². The number of aromatic nitrogens is 4. The molecule has 0 fully saturated rings. The first-order valence-corrected chi connectivity index (χ1v) is 7.23. The first kappa shape index (κ1) is 14.5. The van der Waals surface area contributed by atoms with Gasteiger partial charge in [-0.3, -0.25) is 14.2 Å². The van der Waals surface area contributed by atoms with E-state index >= 15 is 0 Å². The summed E-state index contributed by atoms with van der Waals surface area (Å²) in [5.41, 5.74) is 1.27. The molecular weight excluding hydrogens is 282 g/mol. The molecule has 3 rings (SSSR count). The summed E-state index contributed by atoms with van der Waals surface area (Å²) in [6.45, 7) is 6.22. The molecule has 3 heterocycles. The van der Waals surface area contributed by atoms with Crippen LogP contribution in [0.5, 0.6) is 0 Å². The van der Waals surface area contributed by atoms with Crippen molar-refractivity contribution in [3.63, 3.8) is 0 Å². The molecule has 0 N–H and O–H groups in total. The van der Waals surface area contributed by atoms with Gasteiger partial charge < -0.3 is 9.47 Å². The Labute approximate surface area is 128 Å². The molecule has 116 valence electrons. The predicted molar refractivity (Wildman–Crippen MR) is 80.1 cm³/mol. The Balaban J connectivity index is 1.87. The molecule has 7 heteroatoms. The second-order valence-corrected chi connectivity index (χ2v) is 5.70. The molecule has 0 saturated heterocycles. The van der Waals surface area contributed by atoms with E-state index < -0.39 is 0 Å². The van der Waals surface area contributed by atoms with Gasteiger partial charge in [-0.25, -0.2) is 9.97 Å². The number of fused-ring (bicyclic) bond motifs is 1. The van der Waals surface area contributed by atoms with Crippen molar-refractivity contribution >= 4 is 5.91 Å². The Morgan fingerprint density at radius 1 is 1.27 bits per heavy atom. The minimum atomic E-state index is -0.346. The molecule has 22 heavy (non-hydrogen) atoms. The molecule has 0 saturated carbocycles. The van der Waals surface area contributed by atoms with Crippen molar-refractivity contribution in [3.05, 3.63) is 45.7 Å². The van der Waals surface area contributed by atoms with Gasteiger partial charge in [0.1, 0.15) is 17.7 Å². The number of aryl methyl sites for hydroxylation is 2. The van der Waals surface area contributed by atoms with Crippen LogP contribution < -0.4 is 5.56 Å². The Morgan fingerprint density at radius 3 is 2.64 bits per heavy atom. The number of amides is 1. The Kier molecular flexibility index (Phi) is 3.35. The summed E-state index contributed by atoms with van der Waals surface area (Å²) in [6.07, 6.45) is 3.47. The average Bonchev–Trinajstić information content (AvgIpc) is 3.09. The molecule has 7 nitrogen and oxygen atoms in total. The summed E-state index contributed by atoms with van der Waals surface area (Å²) in [4.78, 5) is 35.2. The number of nitrogens with zero attached hydrogens (tertiary/aromatic N) is 5. The van der Waals surface area contributed by atoms with E-state index in [9.17, 15) is 9.59 Å². The third-order valence-electron chi connectivity index (χ3n) is 4.33. The molecule has 1 amide bonds. The lowest BCUT2D eigenvalue weighted by Crippen LogP contribution is -2.33. The highest BCUT2D eigenvalue weighted by Gasteiger charge is 2.31. The van der Waals surface area contributed by atoms with Crippen molar-refractivity contribution in [2.24, 2.45) is 7.05 Å². The van der Waals surface area contributed by atoms with E-state index in [4.69, 9.17) is 0 Å². The molecule has 0 spiro atoms. The van der Waals surface area contributed by atoms with Crippen LogP contribution in [0.15, 0.2) is 17.2 Å². The van der Waals surface area contributed by atoms with Gasteiger partial charge in [-0.15, -0.1) is 0 Å². The Bertz CT molecular complexity index is 805. The van der Waals surface area contributed by atoms with Gasteiger partial charge in [-0.1, -0.05) is 0 Å². The van der Waals surface area contributed by atoms with Crippen LogP contribution in [0.3, 0.4) is 0 Å². The van der Waals surface area contributed by atoms with Crippen molar-refractivity contribution < 1.29 is 4.79 Å². The number of carbonyl (C=O) groups excluding carboxylic acids is 1. The van der Waals surface area contributed by atoms with E-state index in [1.165, 1.54) is 4.57 Å². The third kappa shape index (κ3) is 2.13. The van der Waals surface area contributed by atoms with Crippen LogP contribution in [0.2, 0.25) is 0 Å². The molecule has 1 atom stereocenters. The summed E-state index contributed by atoms with van der Waals surface area (Å²) in [7, 11) is 1.70. The van der Waals surface area contributed by atoms with E-state index in [1.54, 1.807) is 31.3 Å². The van der Waals surface area contributed by atoms with Crippen molar-refractivity contribution in [1.82, 2.24) is 24.0 Å². The van der Waals surface area contributed by atoms with Crippen LogP contribution in [0.4, 0.5) is 0 Å². The van der Waals surface area contributed by atoms with E-state index in [0.29, 0.717) is 30.2 Å². The molecular formula is C15H19N5O2. The smallest absolute Gasteiger partial charge is 0.258 e. The molecule has 0 radical (unpaired) electrons. The fourth-order valence-corrected chi connectivity index (χ4v) is 2.86. The summed E-state index contributed by atoms with van der Waals surface area (Å²) in [6, 6.07) is -0.346. The number of rotatable bonds is 2. The second-order valence-electron chi connectivity index (χ2n) is 5.70. The van der Waals surface area contributed by atoms with Crippen LogP contribution >= 0.6 is 0 Å². The molecule has 2 aromatic heterocycles. The quantitative estimate of drug-likeness (QED) is 0.818. The number of imidazole rings is 1. The van der Waals surface area contributed by atoms with Crippen LogP contribution in [0.25, 0.3) is 0 Å². The normalized spacial score (nSPS) is 15.0. The minimum absolute atomic E-state index is 0.0289. The predicted octanol–water partition coefficient (Wildman–Crippen LogP) is 0.697. The van der Waals surface area contributed by atoms with Crippen molar-refractivity contribution in [3.8, 4) is 0 Å². The molecule has 2 aromatic rings. The van der Waals surface area contributed by atoms with Crippen LogP contribution in [0, 0.1) is 13.8 Å². The Hall–Kier alpha value is -2.44. The van der Waals surface area contributed by atoms with Crippen molar-refractivity contribution in [1.29, 1.82) is 0 Å². The topological polar surface area (TPSA) is 73.0 Å². The maximum Gasteiger partial charge on any atom is 0.258 e. The largest absolute Gasteiger partial charge is 0.330 e. The summed E-state index contributed by atoms with van der Waals surface area (Å²) in [5.74, 6) is 1.43. The van der Waals surface area contributed by atoms with E-state index in [2.05, 4.69) is 9.97 Å². The number of carbonyl (C=O) groups is 1. The van der Waals surface area contributed by atoms with Gasteiger partial charge in [0.2, 0.25) is 5.91 Å². The second kappa shape index (κ2) is 5.08. The van der Waals surface area contributed by atoms with Gasteiger partial charge in [0.15, 0.2) is 0 Å². The third-order valence-corrected chi connectivity index (χ3v) is 4.33. The van der Waals surface area contributed by atoms with Gasteiger partial charge in [0.05, 0.1) is 24.3 Å². The van der Waals surface area contributed by atoms with Gasteiger partial charge in [0.25, 0.3) is 5.56 Å².